The number of rotatable bonds is 5. The van der Waals surface area contributed by atoms with Gasteiger partial charge in [0.05, 0.1) is 20.3 Å². The number of carbonyl (C=O) groups excluding carboxylic acids is 1. The first-order valence-corrected chi connectivity index (χ1v) is 9.25. The molecule has 0 spiro atoms. The van der Waals surface area contributed by atoms with Gasteiger partial charge in [-0.25, -0.2) is 0 Å². The molecule has 4 rings (SSSR count). The molecular formula is C22H22N2O4. The van der Waals surface area contributed by atoms with E-state index < -0.39 is 0 Å². The Morgan fingerprint density at radius 1 is 1.04 bits per heavy atom. The molecule has 6 nitrogen and oxygen atoms in total. The van der Waals surface area contributed by atoms with Crippen molar-refractivity contribution >= 4 is 5.91 Å². The van der Waals surface area contributed by atoms with E-state index in [2.05, 4.69) is 5.16 Å². The van der Waals surface area contributed by atoms with Crippen LogP contribution in [0.1, 0.15) is 34.9 Å². The highest BCUT2D eigenvalue weighted by Gasteiger charge is 2.32. The lowest BCUT2D eigenvalue weighted by Gasteiger charge is -2.24. The zero-order valence-corrected chi connectivity index (χ0v) is 15.9. The van der Waals surface area contributed by atoms with E-state index in [1.165, 1.54) is 0 Å². The van der Waals surface area contributed by atoms with Gasteiger partial charge in [0.1, 0.15) is 11.5 Å². The lowest BCUT2D eigenvalue weighted by Crippen LogP contribution is -2.30. The fourth-order valence-electron chi connectivity index (χ4n) is 3.60. The summed E-state index contributed by atoms with van der Waals surface area (Å²) in [5.41, 5.74) is 2.28. The maximum Gasteiger partial charge on any atom is 0.276 e. The first-order chi connectivity index (χ1) is 13.7. The quantitative estimate of drug-likeness (QED) is 0.661. The smallest absolute Gasteiger partial charge is 0.276 e. The Balaban J connectivity index is 1.53. The van der Waals surface area contributed by atoms with Crippen LogP contribution in [-0.2, 0) is 0 Å². The van der Waals surface area contributed by atoms with Crippen LogP contribution >= 0.6 is 0 Å². The fraction of sp³-hybridized carbons (Fsp3) is 0.273. The molecule has 1 atom stereocenters. The Morgan fingerprint density at radius 2 is 1.68 bits per heavy atom. The second-order valence-electron chi connectivity index (χ2n) is 6.73. The van der Waals surface area contributed by atoms with Gasteiger partial charge in [0, 0.05) is 18.2 Å². The van der Waals surface area contributed by atoms with Crippen LogP contribution in [0.3, 0.4) is 0 Å². The van der Waals surface area contributed by atoms with Gasteiger partial charge in [-0.3, -0.25) is 4.79 Å². The van der Waals surface area contributed by atoms with Gasteiger partial charge in [-0.05, 0) is 54.8 Å². The van der Waals surface area contributed by atoms with Crippen LogP contribution in [0.5, 0.6) is 11.5 Å². The molecule has 0 unspecified atom stereocenters. The van der Waals surface area contributed by atoms with Gasteiger partial charge in [0.2, 0.25) is 0 Å². The van der Waals surface area contributed by atoms with Crippen LogP contribution in [0.15, 0.2) is 59.1 Å². The standard InChI is InChI=1S/C22H22N2O4/c1-26-17-9-5-15(6-10-17)20-4-3-13-24(20)22(25)19-14-21(28-23-19)16-7-11-18(27-2)12-8-16/h5-12,14,20H,3-4,13H2,1-2H3/t20-/m0/s1. The number of hydrogen-bond acceptors (Lipinski definition) is 5. The summed E-state index contributed by atoms with van der Waals surface area (Å²) in [7, 11) is 3.26. The molecule has 2 heterocycles. The Morgan fingerprint density at radius 3 is 2.32 bits per heavy atom. The molecule has 0 bridgehead atoms. The molecule has 2 aromatic carbocycles. The molecule has 0 saturated carbocycles. The minimum absolute atomic E-state index is 0.0412. The second-order valence-corrected chi connectivity index (χ2v) is 6.73. The van der Waals surface area contributed by atoms with E-state index in [9.17, 15) is 4.79 Å². The highest BCUT2D eigenvalue weighted by molar-refractivity contribution is 5.93. The van der Waals surface area contributed by atoms with E-state index in [0.29, 0.717) is 18.0 Å². The van der Waals surface area contributed by atoms with Crippen LogP contribution in [-0.4, -0.2) is 36.7 Å². The molecule has 28 heavy (non-hydrogen) atoms. The molecule has 1 aliphatic rings. The topological polar surface area (TPSA) is 64.8 Å². The Labute approximate surface area is 163 Å². The van der Waals surface area contributed by atoms with E-state index in [4.69, 9.17) is 14.0 Å². The summed E-state index contributed by atoms with van der Waals surface area (Å²) < 4.78 is 15.8. The number of hydrogen-bond donors (Lipinski definition) is 0. The molecule has 0 aliphatic carbocycles. The van der Waals surface area contributed by atoms with Gasteiger partial charge >= 0.3 is 0 Å². The number of likely N-dealkylation sites (tertiary alicyclic amines) is 1. The molecule has 1 amide bonds. The molecule has 144 valence electrons. The summed E-state index contributed by atoms with van der Waals surface area (Å²) in [6, 6.07) is 17.1. The highest BCUT2D eigenvalue weighted by atomic mass is 16.5. The van der Waals surface area contributed by atoms with Crippen molar-refractivity contribution in [3.05, 3.63) is 65.9 Å². The predicted octanol–water partition coefficient (Wildman–Crippen LogP) is 4.34. The summed E-state index contributed by atoms with van der Waals surface area (Å²) in [6.07, 6.45) is 1.90. The summed E-state index contributed by atoms with van der Waals surface area (Å²) in [5.74, 6) is 2.02. The van der Waals surface area contributed by atoms with Crippen LogP contribution in [0.2, 0.25) is 0 Å². The summed E-state index contributed by atoms with van der Waals surface area (Å²) >= 11 is 0. The van der Waals surface area contributed by atoms with Gasteiger partial charge in [0.25, 0.3) is 5.91 Å². The van der Waals surface area contributed by atoms with Gasteiger partial charge in [-0.1, -0.05) is 17.3 Å². The van der Waals surface area contributed by atoms with Crippen molar-refractivity contribution in [3.8, 4) is 22.8 Å². The molecule has 0 radical (unpaired) electrons. The first-order valence-electron chi connectivity index (χ1n) is 9.25. The van der Waals surface area contributed by atoms with Crippen molar-refractivity contribution in [1.82, 2.24) is 10.1 Å². The zero-order valence-electron chi connectivity index (χ0n) is 15.9. The van der Waals surface area contributed by atoms with Gasteiger partial charge in [0.15, 0.2) is 11.5 Å². The average molecular weight is 378 g/mol. The molecule has 1 aromatic heterocycles. The van der Waals surface area contributed by atoms with Crippen LogP contribution in [0.25, 0.3) is 11.3 Å². The number of amides is 1. The third-order valence-corrected chi connectivity index (χ3v) is 5.12. The second kappa shape index (κ2) is 7.76. The lowest BCUT2D eigenvalue weighted by atomic mass is 10.0. The molecular weight excluding hydrogens is 356 g/mol. The van der Waals surface area contributed by atoms with Crippen molar-refractivity contribution in [2.75, 3.05) is 20.8 Å². The van der Waals surface area contributed by atoms with Crippen LogP contribution in [0.4, 0.5) is 0 Å². The lowest BCUT2D eigenvalue weighted by molar-refractivity contribution is 0.0725. The van der Waals surface area contributed by atoms with Crippen LogP contribution in [0, 0.1) is 0 Å². The van der Waals surface area contributed by atoms with E-state index in [-0.39, 0.29) is 11.9 Å². The molecule has 3 aromatic rings. The Kier molecular flexibility index (Phi) is 5.02. The van der Waals surface area contributed by atoms with Gasteiger partial charge in [-0.2, -0.15) is 0 Å². The number of benzene rings is 2. The van der Waals surface area contributed by atoms with Gasteiger partial charge < -0.3 is 18.9 Å². The maximum absolute atomic E-state index is 13.1. The number of nitrogens with zero attached hydrogens (tertiary/aromatic N) is 2. The van der Waals surface area contributed by atoms with E-state index in [1.807, 2.05) is 53.4 Å². The minimum atomic E-state index is -0.109. The number of carbonyl (C=O) groups is 1. The molecule has 1 aliphatic heterocycles. The van der Waals surface area contributed by atoms with E-state index in [0.717, 1.165) is 35.5 Å². The Hall–Kier alpha value is -3.28. The maximum atomic E-state index is 13.1. The number of aromatic nitrogens is 1. The third kappa shape index (κ3) is 3.45. The van der Waals surface area contributed by atoms with Crippen molar-refractivity contribution in [3.63, 3.8) is 0 Å². The fourth-order valence-corrected chi connectivity index (χ4v) is 3.60. The normalized spacial score (nSPS) is 16.2. The SMILES string of the molecule is COc1ccc(-c2cc(C(=O)N3CCC[C@H]3c3ccc(OC)cc3)no2)cc1. The average Bonchev–Trinajstić information content (AvgIpc) is 3.43. The van der Waals surface area contributed by atoms with Crippen molar-refractivity contribution < 1.29 is 18.8 Å². The highest BCUT2D eigenvalue weighted by Crippen LogP contribution is 2.34. The van der Waals surface area contributed by atoms with Gasteiger partial charge in [-0.15, -0.1) is 0 Å². The monoisotopic (exact) mass is 378 g/mol. The van der Waals surface area contributed by atoms with Crippen molar-refractivity contribution in [2.24, 2.45) is 0 Å². The van der Waals surface area contributed by atoms with Crippen LogP contribution < -0.4 is 9.47 Å². The molecule has 1 fully saturated rings. The van der Waals surface area contributed by atoms with Crippen molar-refractivity contribution in [1.29, 1.82) is 0 Å². The van der Waals surface area contributed by atoms with E-state index >= 15 is 0 Å². The molecule has 6 heteroatoms. The summed E-state index contributed by atoms with van der Waals surface area (Å²) in [6.45, 7) is 0.709. The number of ether oxygens (including phenoxy) is 2. The summed E-state index contributed by atoms with van der Waals surface area (Å²) in [4.78, 5) is 14.9. The zero-order chi connectivity index (χ0) is 19.5. The number of methoxy groups -OCH3 is 2. The minimum Gasteiger partial charge on any atom is -0.497 e. The molecule has 1 saturated heterocycles. The third-order valence-electron chi connectivity index (χ3n) is 5.12. The first kappa shape index (κ1) is 18.1. The summed E-state index contributed by atoms with van der Waals surface area (Å²) in [5, 5.41) is 4.02. The molecule has 0 N–H and O–H groups in total. The van der Waals surface area contributed by atoms with E-state index in [1.54, 1.807) is 20.3 Å². The Bertz CT molecular complexity index is 947. The predicted molar refractivity (Wildman–Crippen MR) is 104 cm³/mol. The largest absolute Gasteiger partial charge is 0.497 e. The van der Waals surface area contributed by atoms with Crippen molar-refractivity contribution in [2.45, 2.75) is 18.9 Å².